The first kappa shape index (κ1) is 23.6. The fourth-order valence-corrected chi connectivity index (χ4v) is 3.79. The van der Waals surface area contributed by atoms with E-state index in [1.165, 1.54) is 0 Å². The molecule has 0 aliphatic carbocycles. The van der Waals surface area contributed by atoms with Gasteiger partial charge in [-0.15, -0.1) is 6.58 Å². The van der Waals surface area contributed by atoms with Gasteiger partial charge in [0.2, 0.25) is 0 Å². The van der Waals surface area contributed by atoms with Crippen LogP contribution >= 0.6 is 0 Å². The second-order valence-electron chi connectivity index (χ2n) is 7.80. The van der Waals surface area contributed by atoms with Crippen LogP contribution in [0.5, 0.6) is 0 Å². The Labute approximate surface area is 184 Å². The summed E-state index contributed by atoms with van der Waals surface area (Å²) < 4.78 is 24.5. The topological polar surface area (TPSA) is 77.4 Å². The molecule has 31 heavy (non-hydrogen) atoms. The summed E-state index contributed by atoms with van der Waals surface area (Å²) in [5.74, 6) is -0.351. The van der Waals surface area contributed by atoms with Crippen LogP contribution in [0, 0.1) is 5.92 Å². The summed E-state index contributed by atoms with van der Waals surface area (Å²) in [7, 11) is 0. The van der Waals surface area contributed by atoms with Gasteiger partial charge in [-0.1, -0.05) is 73.7 Å². The molecule has 0 radical (unpaired) electrons. The zero-order chi connectivity index (χ0) is 22.1. The molecule has 6 heteroatoms. The van der Waals surface area contributed by atoms with E-state index in [4.69, 9.17) is 18.9 Å². The number of rotatable bonds is 11. The average Bonchev–Trinajstić information content (AvgIpc) is 2.83. The quantitative estimate of drug-likeness (QED) is 0.536. The third-order valence-electron chi connectivity index (χ3n) is 5.75. The lowest BCUT2D eigenvalue weighted by molar-refractivity contribution is -0.343. The number of aliphatic hydroxyl groups is 2. The lowest BCUT2D eigenvalue weighted by Crippen LogP contribution is -2.65. The molecular weight excluding hydrogens is 396 g/mol. The van der Waals surface area contributed by atoms with Gasteiger partial charge in [0.15, 0.2) is 6.29 Å². The smallest absolute Gasteiger partial charge is 0.187 e. The Bertz CT molecular complexity index is 777. The highest BCUT2D eigenvalue weighted by Crippen LogP contribution is 2.38. The normalized spacial score (nSPS) is 25.3. The Morgan fingerprint density at radius 2 is 1.39 bits per heavy atom. The zero-order valence-electron chi connectivity index (χ0n) is 17.9. The third-order valence-corrected chi connectivity index (χ3v) is 5.75. The maximum atomic E-state index is 10.1. The monoisotopic (exact) mass is 428 g/mol. The van der Waals surface area contributed by atoms with Crippen molar-refractivity contribution >= 4 is 0 Å². The molecule has 6 nitrogen and oxygen atoms in total. The molecule has 2 aromatic carbocycles. The first-order valence-electron chi connectivity index (χ1n) is 10.6. The molecule has 0 aromatic heterocycles. The van der Waals surface area contributed by atoms with Crippen LogP contribution in [0.25, 0.3) is 0 Å². The van der Waals surface area contributed by atoms with Gasteiger partial charge in [0.05, 0.1) is 39.1 Å². The van der Waals surface area contributed by atoms with Crippen molar-refractivity contribution in [3.63, 3.8) is 0 Å². The summed E-state index contributed by atoms with van der Waals surface area (Å²) in [4.78, 5) is 0. The minimum absolute atomic E-state index is 0.239. The van der Waals surface area contributed by atoms with Crippen LogP contribution in [0.3, 0.4) is 0 Å². The largest absolute Gasteiger partial charge is 0.393 e. The first-order chi connectivity index (χ1) is 15.1. The fraction of sp³-hybridized carbons (Fsp3) is 0.440. The lowest BCUT2D eigenvalue weighted by Gasteiger charge is -2.50. The van der Waals surface area contributed by atoms with Crippen molar-refractivity contribution < 1.29 is 29.2 Å². The van der Waals surface area contributed by atoms with E-state index in [0.717, 1.165) is 11.1 Å². The summed E-state index contributed by atoms with van der Waals surface area (Å²) in [6, 6.07) is 19.7. The van der Waals surface area contributed by atoms with Crippen molar-refractivity contribution in [2.24, 2.45) is 5.92 Å². The van der Waals surface area contributed by atoms with E-state index in [9.17, 15) is 10.2 Å². The summed E-state index contributed by atoms with van der Waals surface area (Å²) in [6.45, 7) is 5.82. The van der Waals surface area contributed by atoms with E-state index < -0.39 is 24.1 Å². The average molecular weight is 429 g/mol. The van der Waals surface area contributed by atoms with Crippen LogP contribution in [0.2, 0.25) is 0 Å². The van der Waals surface area contributed by atoms with Crippen LogP contribution in [-0.4, -0.2) is 54.1 Å². The molecule has 1 aliphatic heterocycles. The molecule has 0 bridgehead atoms. The van der Waals surface area contributed by atoms with Gasteiger partial charge in [0, 0.05) is 5.92 Å². The molecule has 4 atom stereocenters. The standard InChI is InChI=1S/C25H32O6/c1-3-14-28-24-23(30-16-21-12-8-5-9-13-21)22(19(2)25(17-26,18-27)31-24)29-15-20-10-6-4-7-11-20/h3-13,19,22-24,26-27H,1,14-18H2,2H3/t19-,22-,23+,24?/m0/s1. The Morgan fingerprint density at radius 1 is 0.871 bits per heavy atom. The number of ether oxygens (including phenoxy) is 4. The maximum absolute atomic E-state index is 10.1. The Hall–Kier alpha value is -2.06. The molecular formula is C25H32O6. The van der Waals surface area contributed by atoms with Gasteiger partial charge in [-0.05, 0) is 11.1 Å². The number of aliphatic hydroxyl groups excluding tert-OH is 2. The van der Waals surface area contributed by atoms with Crippen LogP contribution in [0.1, 0.15) is 18.1 Å². The Morgan fingerprint density at radius 3 is 1.87 bits per heavy atom. The predicted molar refractivity (Wildman–Crippen MR) is 117 cm³/mol. The van der Waals surface area contributed by atoms with E-state index in [1.807, 2.05) is 67.6 Å². The van der Waals surface area contributed by atoms with Crippen molar-refractivity contribution in [1.82, 2.24) is 0 Å². The summed E-state index contributed by atoms with van der Waals surface area (Å²) >= 11 is 0. The molecule has 0 amide bonds. The highest BCUT2D eigenvalue weighted by molar-refractivity contribution is 5.14. The molecule has 2 N–H and O–H groups in total. The van der Waals surface area contributed by atoms with Crippen molar-refractivity contribution in [2.45, 2.75) is 44.2 Å². The minimum Gasteiger partial charge on any atom is -0.393 e. The zero-order valence-corrected chi connectivity index (χ0v) is 17.9. The van der Waals surface area contributed by atoms with Crippen LogP contribution in [0.15, 0.2) is 73.3 Å². The van der Waals surface area contributed by atoms with Crippen LogP contribution < -0.4 is 0 Å². The molecule has 0 saturated carbocycles. The van der Waals surface area contributed by atoms with Gasteiger partial charge in [-0.2, -0.15) is 0 Å². The minimum atomic E-state index is -1.21. The van der Waals surface area contributed by atoms with Gasteiger partial charge in [-0.25, -0.2) is 0 Å². The SMILES string of the molecule is C=CCOC1OC(CO)(CO)[C@@H](C)[C@H](OCc2ccccc2)[C@H]1OCc1ccccc1. The van der Waals surface area contributed by atoms with E-state index in [2.05, 4.69) is 6.58 Å². The third kappa shape index (κ3) is 5.80. The summed E-state index contributed by atoms with van der Waals surface area (Å²) in [5.41, 5.74) is 0.825. The van der Waals surface area contributed by atoms with Gasteiger partial charge in [0.1, 0.15) is 11.7 Å². The molecule has 3 rings (SSSR count). The summed E-state index contributed by atoms with van der Waals surface area (Å²) in [5, 5.41) is 20.2. The van der Waals surface area contributed by atoms with Crippen LogP contribution in [0.4, 0.5) is 0 Å². The fourth-order valence-electron chi connectivity index (χ4n) is 3.79. The molecule has 0 spiro atoms. The Kier molecular flexibility index (Phi) is 8.78. The molecule has 1 unspecified atom stereocenters. The van der Waals surface area contributed by atoms with E-state index in [-0.39, 0.29) is 25.7 Å². The maximum Gasteiger partial charge on any atom is 0.187 e. The number of hydrogen-bond donors (Lipinski definition) is 2. The molecule has 168 valence electrons. The van der Waals surface area contributed by atoms with E-state index in [0.29, 0.717) is 13.2 Å². The summed E-state index contributed by atoms with van der Waals surface area (Å²) in [6.07, 6.45) is -0.260. The second-order valence-corrected chi connectivity index (χ2v) is 7.80. The van der Waals surface area contributed by atoms with E-state index in [1.54, 1.807) is 6.08 Å². The van der Waals surface area contributed by atoms with Gasteiger partial charge in [0.25, 0.3) is 0 Å². The van der Waals surface area contributed by atoms with Crippen LogP contribution in [-0.2, 0) is 32.2 Å². The predicted octanol–water partition coefficient (Wildman–Crippen LogP) is 3.08. The van der Waals surface area contributed by atoms with Crippen molar-refractivity contribution in [3.8, 4) is 0 Å². The van der Waals surface area contributed by atoms with Crippen molar-refractivity contribution in [2.75, 3.05) is 19.8 Å². The Balaban J connectivity index is 1.85. The molecule has 1 saturated heterocycles. The first-order valence-corrected chi connectivity index (χ1v) is 10.6. The molecule has 1 fully saturated rings. The van der Waals surface area contributed by atoms with Gasteiger partial charge in [-0.3, -0.25) is 0 Å². The highest BCUT2D eigenvalue weighted by Gasteiger charge is 2.54. The van der Waals surface area contributed by atoms with Gasteiger partial charge < -0.3 is 29.2 Å². The molecule has 1 heterocycles. The number of hydrogen-bond acceptors (Lipinski definition) is 6. The number of benzene rings is 2. The van der Waals surface area contributed by atoms with E-state index >= 15 is 0 Å². The van der Waals surface area contributed by atoms with Crippen molar-refractivity contribution in [3.05, 3.63) is 84.4 Å². The lowest BCUT2D eigenvalue weighted by atomic mass is 9.80. The second kappa shape index (κ2) is 11.5. The molecule has 2 aromatic rings. The van der Waals surface area contributed by atoms with Crippen molar-refractivity contribution in [1.29, 1.82) is 0 Å². The molecule has 1 aliphatic rings. The highest BCUT2D eigenvalue weighted by atomic mass is 16.7. The van der Waals surface area contributed by atoms with Gasteiger partial charge >= 0.3 is 0 Å².